The number of hydrogen-bond donors (Lipinski definition) is 0. The quantitative estimate of drug-likeness (QED) is 0.605. The van der Waals surface area contributed by atoms with E-state index in [9.17, 15) is 10.1 Å². The van der Waals surface area contributed by atoms with Gasteiger partial charge in [0.05, 0.1) is 12.0 Å². The van der Waals surface area contributed by atoms with E-state index in [2.05, 4.69) is 0 Å². The van der Waals surface area contributed by atoms with Crippen molar-refractivity contribution in [2.75, 3.05) is 7.11 Å². The van der Waals surface area contributed by atoms with Crippen LogP contribution in [0.25, 0.3) is 4.91 Å². The maximum absolute atomic E-state index is 11.4. The molecular weight excluding hydrogens is 310 g/mol. The van der Waals surface area contributed by atoms with Crippen LogP contribution < -0.4 is 4.74 Å². The van der Waals surface area contributed by atoms with Crippen molar-refractivity contribution in [1.82, 2.24) is 0 Å². The van der Waals surface area contributed by atoms with Gasteiger partial charge in [-0.1, -0.05) is 42.5 Å². The van der Waals surface area contributed by atoms with E-state index >= 15 is 0 Å². The fourth-order valence-corrected chi connectivity index (χ4v) is 3.67. The molecule has 0 amide bonds. The summed E-state index contributed by atoms with van der Waals surface area (Å²) in [6.45, 7) is 0. The standard InChI is InChI=1S/C18H15NO3S/c1-22-15-9-7-14(8-10-15)18-16(19(20)21)11-12-17(23-18)13-5-3-2-4-6-13/h2-12,18H,1H3. The molecule has 116 valence electrons. The summed E-state index contributed by atoms with van der Waals surface area (Å²) in [4.78, 5) is 12.1. The summed E-state index contributed by atoms with van der Waals surface area (Å²) in [7, 11) is 1.60. The van der Waals surface area contributed by atoms with E-state index in [-0.39, 0.29) is 15.9 Å². The fraction of sp³-hybridized carbons (Fsp3) is 0.111. The third kappa shape index (κ3) is 3.29. The van der Waals surface area contributed by atoms with Crippen LogP contribution in [0.5, 0.6) is 5.75 Å². The predicted octanol–water partition coefficient (Wildman–Crippen LogP) is 4.68. The second-order valence-corrected chi connectivity index (χ2v) is 6.16. The zero-order chi connectivity index (χ0) is 16.2. The molecule has 0 bridgehead atoms. The molecule has 23 heavy (non-hydrogen) atoms. The van der Waals surface area contributed by atoms with Crippen molar-refractivity contribution in [3.05, 3.63) is 93.7 Å². The fourth-order valence-electron chi connectivity index (χ4n) is 2.42. The molecule has 0 saturated heterocycles. The number of nitrogens with zero attached hydrogens (tertiary/aromatic N) is 1. The molecular formula is C18H15NO3S. The van der Waals surface area contributed by atoms with E-state index in [1.807, 2.05) is 60.7 Å². The molecule has 2 aromatic rings. The van der Waals surface area contributed by atoms with Gasteiger partial charge in [0, 0.05) is 11.0 Å². The summed E-state index contributed by atoms with van der Waals surface area (Å²) >= 11 is 1.50. The average Bonchev–Trinajstić information content (AvgIpc) is 2.62. The third-order valence-corrected chi connectivity index (χ3v) is 4.98. The maximum Gasteiger partial charge on any atom is 0.263 e. The molecule has 2 aromatic carbocycles. The Balaban J connectivity index is 1.96. The minimum absolute atomic E-state index is 0.194. The van der Waals surface area contributed by atoms with Crippen LogP contribution in [0.4, 0.5) is 0 Å². The zero-order valence-electron chi connectivity index (χ0n) is 12.5. The molecule has 0 fully saturated rings. The van der Waals surface area contributed by atoms with Crippen molar-refractivity contribution < 1.29 is 9.66 Å². The van der Waals surface area contributed by atoms with Crippen LogP contribution in [0.2, 0.25) is 0 Å². The Labute approximate surface area is 138 Å². The predicted molar refractivity (Wildman–Crippen MR) is 92.8 cm³/mol. The second-order valence-electron chi connectivity index (χ2n) is 5.02. The Morgan fingerprint density at radius 3 is 2.35 bits per heavy atom. The Hall–Kier alpha value is -2.53. The average molecular weight is 325 g/mol. The van der Waals surface area contributed by atoms with E-state index in [0.717, 1.165) is 21.8 Å². The molecule has 4 nitrogen and oxygen atoms in total. The molecule has 1 heterocycles. The highest BCUT2D eigenvalue weighted by Crippen LogP contribution is 2.47. The van der Waals surface area contributed by atoms with Gasteiger partial charge in [0.15, 0.2) is 0 Å². The molecule has 3 rings (SSSR count). The van der Waals surface area contributed by atoms with Crippen molar-refractivity contribution in [3.63, 3.8) is 0 Å². The van der Waals surface area contributed by atoms with E-state index in [1.54, 1.807) is 13.2 Å². The van der Waals surface area contributed by atoms with Crippen LogP contribution in [-0.4, -0.2) is 12.0 Å². The first-order chi connectivity index (χ1) is 11.2. The van der Waals surface area contributed by atoms with Gasteiger partial charge in [-0.15, -0.1) is 11.8 Å². The van der Waals surface area contributed by atoms with Crippen molar-refractivity contribution in [2.24, 2.45) is 0 Å². The summed E-state index contributed by atoms with van der Waals surface area (Å²) < 4.78 is 5.15. The van der Waals surface area contributed by atoms with Gasteiger partial charge in [-0.3, -0.25) is 10.1 Å². The van der Waals surface area contributed by atoms with Crippen LogP contribution in [0.15, 0.2) is 72.4 Å². The van der Waals surface area contributed by atoms with Crippen LogP contribution in [0, 0.1) is 10.1 Å². The van der Waals surface area contributed by atoms with Gasteiger partial charge in [0.25, 0.3) is 5.70 Å². The topological polar surface area (TPSA) is 52.4 Å². The van der Waals surface area contributed by atoms with Gasteiger partial charge < -0.3 is 4.74 Å². The van der Waals surface area contributed by atoms with E-state index in [1.165, 1.54) is 11.8 Å². The Morgan fingerprint density at radius 1 is 1.04 bits per heavy atom. The SMILES string of the molecule is COc1ccc(C2SC(c3ccccc3)=CC=C2[N+](=O)[O-])cc1. The van der Waals surface area contributed by atoms with Gasteiger partial charge >= 0.3 is 0 Å². The summed E-state index contributed by atoms with van der Waals surface area (Å²) in [5.41, 5.74) is 2.15. The molecule has 1 unspecified atom stereocenters. The number of allylic oxidation sites excluding steroid dienone is 2. The first kappa shape index (κ1) is 15.4. The van der Waals surface area contributed by atoms with Gasteiger partial charge in [-0.25, -0.2) is 0 Å². The molecule has 0 spiro atoms. The molecule has 0 N–H and O–H groups in total. The van der Waals surface area contributed by atoms with E-state index in [4.69, 9.17) is 4.74 Å². The molecule has 0 aliphatic carbocycles. The van der Waals surface area contributed by atoms with Crippen LogP contribution >= 0.6 is 11.8 Å². The molecule has 1 atom stereocenters. The molecule has 0 radical (unpaired) electrons. The lowest BCUT2D eigenvalue weighted by Crippen LogP contribution is -2.10. The Kier molecular flexibility index (Phi) is 4.48. The largest absolute Gasteiger partial charge is 0.497 e. The molecule has 0 saturated carbocycles. The summed E-state index contributed by atoms with van der Waals surface area (Å²) in [6.07, 6.45) is 3.42. The van der Waals surface area contributed by atoms with Gasteiger partial charge in [0.1, 0.15) is 11.0 Å². The number of nitro groups is 1. The lowest BCUT2D eigenvalue weighted by atomic mass is 10.1. The zero-order valence-corrected chi connectivity index (χ0v) is 13.3. The highest BCUT2D eigenvalue weighted by atomic mass is 32.2. The molecule has 1 aliphatic rings. The van der Waals surface area contributed by atoms with Gasteiger partial charge in [-0.2, -0.15) is 0 Å². The third-order valence-electron chi connectivity index (χ3n) is 3.61. The maximum atomic E-state index is 11.4. The minimum atomic E-state index is -0.337. The Morgan fingerprint density at radius 2 is 1.74 bits per heavy atom. The highest BCUT2D eigenvalue weighted by molar-refractivity contribution is 8.08. The van der Waals surface area contributed by atoms with E-state index < -0.39 is 0 Å². The minimum Gasteiger partial charge on any atom is -0.497 e. The van der Waals surface area contributed by atoms with E-state index in [0.29, 0.717) is 0 Å². The van der Waals surface area contributed by atoms with Crippen LogP contribution in [0.1, 0.15) is 16.4 Å². The number of hydrogen-bond acceptors (Lipinski definition) is 4. The van der Waals surface area contributed by atoms with Gasteiger partial charge in [-0.05, 0) is 29.3 Å². The van der Waals surface area contributed by atoms with Crippen molar-refractivity contribution in [3.8, 4) is 5.75 Å². The molecule has 0 aromatic heterocycles. The summed E-state index contributed by atoms with van der Waals surface area (Å²) in [5.74, 6) is 0.736. The van der Waals surface area contributed by atoms with Crippen LogP contribution in [-0.2, 0) is 0 Å². The second kappa shape index (κ2) is 6.71. The van der Waals surface area contributed by atoms with Crippen molar-refractivity contribution in [1.29, 1.82) is 0 Å². The summed E-state index contributed by atoms with van der Waals surface area (Å²) in [6, 6.07) is 17.3. The first-order valence-corrected chi connectivity index (χ1v) is 7.99. The lowest BCUT2D eigenvalue weighted by molar-refractivity contribution is -0.427. The van der Waals surface area contributed by atoms with Crippen molar-refractivity contribution in [2.45, 2.75) is 5.25 Å². The normalized spacial score (nSPS) is 17.2. The molecule has 1 aliphatic heterocycles. The number of benzene rings is 2. The number of methoxy groups -OCH3 is 1. The number of ether oxygens (including phenoxy) is 1. The number of rotatable bonds is 4. The number of thioether (sulfide) groups is 1. The molecule has 5 heteroatoms. The highest BCUT2D eigenvalue weighted by Gasteiger charge is 2.31. The van der Waals surface area contributed by atoms with Gasteiger partial charge in [0.2, 0.25) is 0 Å². The lowest BCUT2D eigenvalue weighted by Gasteiger charge is -2.20. The van der Waals surface area contributed by atoms with Crippen LogP contribution in [0.3, 0.4) is 0 Å². The monoisotopic (exact) mass is 325 g/mol. The summed E-state index contributed by atoms with van der Waals surface area (Å²) in [5, 5.41) is 11.0. The van der Waals surface area contributed by atoms with Crippen molar-refractivity contribution >= 4 is 16.7 Å². The first-order valence-electron chi connectivity index (χ1n) is 7.11. The smallest absolute Gasteiger partial charge is 0.263 e. The Bertz CT molecular complexity index is 767.